The van der Waals surface area contributed by atoms with Gasteiger partial charge in [-0.15, -0.1) is 0 Å². The topological polar surface area (TPSA) is 15.3 Å². The van der Waals surface area contributed by atoms with Crippen LogP contribution in [0.1, 0.15) is 56.2 Å². The molecule has 1 heterocycles. The number of fused-ring (bicyclic) bond motifs is 1. The number of rotatable bonds is 3. The molecule has 116 valence electrons. The second-order valence-electron chi connectivity index (χ2n) is 6.84. The van der Waals surface area contributed by atoms with Crippen LogP contribution in [0.4, 0.5) is 0 Å². The van der Waals surface area contributed by atoms with Gasteiger partial charge >= 0.3 is 0 Å². The molecule has 1 aromatic carbocycles. The number of aryl methyl sites for hydroxylation is 1. The van der Waals surface area contributed by atoms with Crippen LogP contribution >= 0.6 is 0 Å². The van der Waals surface area contributed by atoms with E-state index in [4.69, 9.17) is 0 Å². The molecular formula is C19H30N2. The van der Waals surface area contributed by atoms with Crippen molar-refractivity contribution in [2.75, 3.05) is 20.1 Å². The summed E-state index contributed by atoms with van der Waals surface area (Å²) in [4.78, 5) is 2.79. The third-order valence-electron chi connectivity index (χ3n) is 5.63. The maximum Gasteiger partial charge on any atom is 0.0478 e. The quantitative estimate of drug-likeness (QED) is 0.851. The fourth-order valence-corrected chi connectivity index (χ4v) is 4.41. The summed E-state index contributed by atoms with van der Waals surface area (Å²) >= 11 is 0. The molecule has 2 aliphatic rings. The third-order valence-corrected chi connectivity index (χ3v) is 5.63. The fourth-order valence-electron chi connectivity index (χ4n) is 4.41. The van der Waals surface area contributed by atoms with Crippen molar-refractivity contribution in [3.05, 3.63) is 35.4 Å². The van der Waals surface area contributed by atoms with Gasteiger partial charge in [-0.3, -0.25) is 4.90 Å². The minimum atomic E-state index is 0.499. The first-order valence-electron chi connectivity index (χ1n) is 8.82. The number of nitrogens with zero attached hydrogens (tertiary/aromatic N) is 1. The lowest BCUT2D eigenvalue weighted by Gasteiger charge is -2.41. The summed E-state index contributed by atoms with van der Waals surface area (Å²) in [5.74, 6) is 0.912. The van der Waals surface area contributed by atoms with E-state index in [1.165, 1.54) is 51.6 Å². The summed E-state index contributed by atoms with van der Waals surface area (Å²) in [6.07, 6.45) is 8.05. The van der Waals surface area contributed by atoms with Crippen LogP contribution in [0.5, 0.6) is 0 Å². The average molecular weight is 286 g/mol. The molecule has 1 aromatic rings. The lowest BCUT2D eigenvalue weighted by Crippen LogP contribution is -2.48. The van der Waals surface area contributed by atoms with Gasteiger partial charge in [0, 0.05) is 18.6 Å². The number of piperidine rings is 1. The van der Waals surface area contributed by atoms with Gasteiger partial charge in [0.1, 0.15) is 0 Å². The predicted molar refractivity (Wildman–Crippen MR) is 89.6 cm³/mol. The predicted octanol–water partition coefficient (Wildman–Crippen LogP) is 3.77. The van der Waals surface area contributed by atoms with Crippen LogP contribution in [0.25, 0.3) is 0 Å². The van der Waals surface area contributed by atoms with Crippen LogP contribution in [0.3, 0.4) is 0 Å². The monoisotopic (exact) mass is 286 g/mol. The summed E-state index contributed by atoms with van der Waals surface area (Å²) in [6, 6.07) is 10.2. The highest BCUT2D eigenvalue weighted by Gasteiger charge is 2.33. The molecule has 0 amide bonds. The largest absolute Gasteiger partial charge is 0.312 e. The van der Waals surface area contributed by atoms with Gasteiger partial charge in [0.15, 0.2) is 0 Å². The highest BCUT2D eigenvalue weighted by molar-refractivity contribution is 5.32. The molecule has 0 spiro atoms. The van der Waals surface area contributed by atoms with Crippen molar-refractivity contribution in [1.82, 2.24) is 10.2 Å². The number of nitrogens with one attached hydrogen (secondary N) is 1. The van der Waals surface area contributed by atoms with Crippen molar-refractivity contribution in [1.29, 1.82) is 0 Å². The maximum absolute atomic E-state index is 3.64. The standard InChI is InChI=1S/C19H30N2/c1-3-15-8-7-13-21(14-15)18-12-6-10-16-9-4-5-11-17(16)19(18)20-2/h4-5,9,11,15,18-20H,3,6-8,10,12-14H2,1-2H3. The van der Waals surface area contributed by atoms with Crippen LogP contribution in [-0.4, -0.2) is 31.1 Å². The van der Waals surface area contributed by atoms with Gasteiger partial charge in [-0.05, 0) is 62.7 Å². The lowest BCUT2D eigenvalue weighted by molar-refractivity contribution is 0.0929. The second-order valence-corrected chi connectivity index (χ2v) is 6.84. The summed E-state index contributed by atoms with van der Waals surface area (Å²) in [5.41, 5.74) is 3.10. The van der Waals surface area contributed by atoms with Gasteiger partial charge in [-0.1, -0.05) is 37.6 Å². The molecule has 0 saturated carbocycles. The minimum absolute atomic E-state index is 0.499. The van der Waals surface area contributed by atoms with Crippen LogP contribution in [-0.2, 0) is 6.42 Å². The Morgan fingerprint density at radius 3 is 2.86 bits per heavy atom. The van der Waals surface area contributed by atoms with Crippen molar-refractivity contribution in [3.63, 3.8) is 0 Å². The van der Waals surface area contributed by atoms with Gasteiger partial charge in [-0.2, -0.15) is 0 Å². The lowest BCUT2D eigenvalue weighted by atomic mass is 9.90. The SMILES string of the molecule is CCC1CCCN(C2CCCc3ccccc3C2NC)C1. The smallest absolute Gasteiger partial charge is 0.0478 e. The number of benzene rings is 1. The normalized spacial score (nSPS) is 30.7. The number of likely N-dealkylation sites (N-methyl/N-ethyl adjacent to an activating group) is 1. The Bertz CT molecular complexity index is 457. The maximum atomic E-state index is 3.64. The molecule has 0 aromatic heterocycles. The van der Waals surface area contributed by atoms with Crippen LogP contribution < -0.4 is 5.32 Å². The summed E-state index contributed by atoms with van der Waals surface area (Å²) in [7, 11) is 2.14. The zero-order chi connectivity index (χ0) is 14.7. The summed E-state index contributed by atoms with van der Waals surface area (Å²) < 4.78 is 0. The molecule has 3 rings (SSSR count). The van der Waals surface area contributed by atoms with Gasteiger partial charge in [-0.25, -0.2) is 0 Å². The Morgan fingerprint density at radius 1 is 1.19 bits per heavy atom. The van der Waals surface area contributed by atoms with Gasteiger partial charge in [0.05, 0.1) is 0 Å². The number of hydrogen-bond donors (Lipinski definition) is 1. The Balaban J connectivity index is 1.84. The summed E-state index contributed by atoms with van der Waals surface area (Å²) in [6.45, 7) is 4.95. The zero-order valence-electron chi connectivity index (χ0n) is 13.6. The van der Waals surface area contributed by atoms with E-state index in [1.54, 1.807) is 11.1 Å². The van der Waals surface area contributed by atoms with E-state index >= 15 is 0 Å². The molecule has 1 saturated heterocycles. The Labute approximate surface area is 129 Å². The molecule has 0 bridgehead atoms. The first-order valence-corrected chi connectivity index (χ1v) is 8.82. The van der Waals surface area contributed by atoms with E-state index < -0.39 is 0 Å². The van der Waals surface area contributed by atoms with Crippen LogP contribution in [0.2, 0.25) is 0 Å². The second kappa shape index (κ2) is 6.93. The van der Waals surface area contributed by atoms with Gasteiger partial charge in [0.25, 0.3) is 0 Å². The molecule has 1 aliphatic heterocycles. The molecule has 2 nitrogen and oxygen atoms in total. The third kappa shape index (κ3) is 3.17. The molecule has 1 N–H and O–H groups in total. The van der Waals surface area contributed by atoms with Crippen molar-refractivity contribution < 1.29 is 0 Å². The van der Waals surface area contributed by atoms with Crippen LogP contribution in [0.15, 0.2) is 24.3 Å². The van der Waals surface area contributed by atoms with E-state index in [0.717, 1.165) is 5.92 Å². The Kier molecular flexibility index (Phi) is 4.97. The van der Waals surface area contributed by atoms with Gasteiger partial charge in [0.2, 0.25) is 0 Å². The fraction of sp³-hybridized carbons (Fsp3) is 0.684. The molecule has 3 unspecified atom stereocenters. The van der Waals surface area contributed by atoms with Gasteiger partial charge < -0.3 is 5.32 Å². The van der Waals surface area contributed by atoms with Crippen molar-refractivity contribution >= 4 is 0 Å². The first kappa shape index (κ1) is 15.1. The molecule has 1 aliphatic carbocycles. The number of hydrogen-bond acceptors (Lipinski definition) is 2. The Morgan fingerprint density at radius 2 is 2.05 bits per heavy atom. The minimum Gasteiger partial charge on any atom is -0.312 e. The first-order chi connectivity index (χ1) is 10.3. The van der Waals surface area contributed by atoms with Crippen molar-refractivity contribution in [2.24, 2.45) is 5.92 Å². The molecule has 1 fully saturated rings. The van der Waals surface area contributed by atoms with E-state index in [-0.39, 0.29) is 0 Å². The zero-order valence-corrected chi connectivity index (χ0v) is 13.6. The summed E-state index contributed by atoms with van der Waals surface area (Å²) in [5, 5.41) is 3.64. The molecule has 2 heteroatoms. The van der Waals surface area contributed by atoms with E-state index in [0.29, 0.717) is 12.1 Å². The Hall–Kier alpha value is -0.860. The van der Waals surface area contributed by atoms with Crippen molar-refractivity contribution in [2.45, 2.75) is 57.5 Å². The molecular weight excluding hydrogens is 256 g/mol. The van der Waals surface area contributed by atoms with Crippen molar-refractivity contribution in [3.8, 4) is 0 Å². The highest BCUT2D eigenvalue weighted by atomic mass is 15.2. The average Bonchev–Trinajstić information content (AvgIpc) is 2.73. The van der Waals surface area contributed by atoms with Crippen LogP contribution in [0, 0.1) is 5.92 Å². The molecule has 21 heavy (non-hydrogen) atoms. The van der Waals surface area contributed by atoms with E-state index in [2.05, 4.69) is 48.5 Å². The molecule has 0 radical (unpaired) electrons. The van der Waals surface area contributed by atoms with E-state index in [9.17, 15) is 0 Å². The van der Waals surface area contributed by atoms with E-state index in [1.807, 2.05) is 0 Å². The highest BCUT2D eigenvalue weighted by Crippen LogP contribution is 2.34. The molecule has 3 atom stereocenters. The number of likely N-dealkylation sites (tertiary alicyclic amines) is 1.